The highest BCUT2D eigenvalue weighted by molar-refractivity contribution is 7.88. The van der Waals surface area contributed by atoms with Crippen LogP contribution in [0.4, 0.5) is 0 Å². The molecule has 0 saturated carbocycles. The minimum Gasteiger partial charge on any atom is -0.447 e. The molecule has 0 spiro atoms. The van der Waals surface area contributed by atoms with Gasteiger partial charge in [-0.15, -0.1) is 0 Å². The average Bonchev–Trinajstić information content (AvgIpc) is 2.77. The second-order valence-electron chi connectivity index (χ2n) is 4.95. The van der Waals surface area contributed by atoms with Crippen molar-refractivity contribution in [2.45, 2.75) is 24.6 Å². The fourth-order valence-corrected chi connectivity index (χ4v) is 2.17. The number of nitrogens with one attached hydrogen (secondary N) is 1. The lowest BCUT2D eigenvalue weighted by Gasteiger charge is -2.19. The van der Waals surface area contributed by atoms with Crippen molar-refractivity contribution < 1.29 is 12.8 Å². The first-order valence-electron chi connectivity index (χ1n) is 6.13. The molecule has 110 valence electrons. The molecule has 0 bridgehead atoms. The summed E-state index contributed by atoms with van der Waals surface area (Å²) in [5.74, 6) is 0.617. The summed E-state index contributed by atoms with van der Waals surface area (Å²) >= 11 is 0. The minimum absolute atomic E-state index is 0.0186. The van der Waals surface area contributed by atoms with E-state index in [0.29, 0.717) is 18.3 Å². The average molecular weight is 289 g/mol. The van der Waals surface area contributed by atoms with Gasteiger partial charge < -0.3 is 14.6 Å². The third-order valence-corrected chi connectivity index (χ3v) is 4.68. The van der Waals surface area contributed by atoms with E-state index in [1.807, 2.05) is 14.1 Å². The van der Waals surface area contributed by atoms with Crippen molar-refractivity contribution in [2.75, 3.05) is 34.7 Å². The molecule has 1 aromatic heterocycles. The Kier molecular flexibility index (Phi) is 5.54. The Hall–Kier alpha value is -0.890. The summed E-state index contributed by atoms with van der Waals surface area (Å²) in [6.07, 6.45) is 0. The Morgan fingerprint density at radius 2 is 1.89 bits per heavy atom. The maximum Gasteiger partial charge on any atom is 0.275 e. The largest absolute Gasteiger partial charge is 0.447 e. The number of likely N-dealkylation sites (N-methyl/N-ethyl adjacent to an activating group) is 1. The van der Waals surface area contributed by atoms with Gasteiger partial charge in [-0.05, 0) is 33.2 Å². The number of hydrogen-bond acceptors (Lipinski definition) is 5. The van der Waals surface area contributed by atoms with Gasteiger partial charge in [0.15, 0.2) is 0 Å². The van der Waals surface area contributed by atoms with Crippen molar-refractivity contribution in [3.8, 4) is 0 Å². The van der Waals surface area contributed by atoms with Crippen LogP contribution in [0.3, 0.4) is 0 Å². The molecule has 0 aliphatic carbocycles. The van der Waals surface area contributed by atoms with Crippen molar-refractivity contribution in [1.29, 1.82) is 0 Å². The van der Waals surface area contributed by atoms with Crippen LogP contribution in [0.25, 0.3) is 0 Å². The third kappa shape index (κ3) is 4.31. The zero-order valence-corrected chi connectivity index (χ0v) is 13.0. The lowest BCUT2D eigenvalue weighted by atomic mass is 10.3. The van der Waals surface area contributed by atoms with E-state index < -0.39 is 10.0 Å². The first-order chi connectivity index (χ1) is 8.75. The van der Waals surface area contributed by atoms with Crippen molar-refractivity contribution in [3.05, 3.63) is 17.9 Å². The van der Waals surface area contributed by atoms with E-state index in [-0.39, 0.29) is 5.09 Å². The van der Waals surface area contributed by atoms with Crippen LogP contribution in [-0.2, 0) is 16.6 Å². The molecule has 0 saturated heterocycles. The second kappa shape index (κ2) is 6.51. The monoisotopic (exact) mass is 289 g/mol. The highest BCUT2D eigenvalue weighted by Gasteiger charge is 2.21. The second-order valence-corrected chi connectivity index (χ2v) is 7.03. The SMILES string of the molecule is CC(CNCc1ccc(S(=O)(=O)N(C)C)o1)N(C)C. The predicted molar refractivity (Wildman–Crippen MR) is 74.4 cm³/mol. The summed E-state index contributed by atoms with van der Waals surface area (Å²) < 4.78 is 30.1. The van der Waals surface area contributed by atoms with Crippen LogP contribution in [0, 0.1) is 0 Å². The van der Waals surface area contributed by atoms with Gasteiger partial charge in [0.25, 0.3) is 10.0 Å². The van der Waals surface area contributed by atoms with Crippen LogP contribution < -0.4 is 5.32 Å². The van der Waals surface area contributed by atoms with E-state index in [1.54, 1.807) is 6.07 Å². The van der Waals surface area contributed by atoms with Crippen LogP contribution >= 0.6 is 0 Å². The standard InChI is InChI=1S/C12H23N3O3S/c1-10(14(2)3)8-13-9-11-6-7-12(18-11)19(16,17)15(4)5/h6-7,10,13H,8-9H2,1-5H3. The molecule has 0 radical (unpaired) electrons. The van der Waals surface area contributed by atoms with Crippen LogP contribution in [-0.4, -0.2) is 58.4 Å². The van der Waals surface area contributed by atoms with E-state index in [4.69, 9.17) is 4.42 Å². The van der Waals surface area contributed by atoms with Gasteiger partial charge in [0.2, 0.25) is 5.09 Å². The normalized spacial score (nSPS) is 14.3. The lowest BCUT2D eigenvalue weighted by molar-refractivity contribution is 0.297. The third-order valence-electron chi connectivity index (χ3n) is 2.99. The molecule has 0 aromatic carbocycles. The lowest BCUT2D eigenvalue weighted by Crippen LogP contribution is -2.35. The molecule has 0 amide bonds. The maximum absolute atomic E-state index is 11.8. The number of rotatable bonds is 7. The molecule has 6 nitrogen and oxygen atoms in total. The fraction of sp³-hybridized carbons (Fsp3) is 0.667. The first-order valence-corrected chi connectivity index (χ1v) is 7.57. The number of hydrogen-bond donors (Lipinski definition) is 1. The smallest absolute Gasteiger partial charge is 0.275 e. The van der Waals surface area contributed by atoms with E-state index in [1.165, 1.54) is 20.2 Å². The molecule has 19 heavy (non-hydrogen) atoms. The van der Waals surface area contributed by atoms with E-state index in [9.17, 15) is 8.42 Å². The number of nitrogens with zero attached hydrogens (tertiary/aromatic N) is 2. The molecular weight excluding hydrogens is 266 g/mol. The van der Waals surface area contributed by atoms with E-state index in [0.717, 1.165) is 10.8 Å². The number of sulfonamides is 1. The highest BCUT2D eigenvalue weighted by Crippen LogP contribution is 2.16. The zero-order valence-electron chi connectivity index (χ0n) is 12.2. The Morgan fingerprint density at radius 3 is 2.42 bits per heavy atom. The van der Waals surface area contributed by atoms with Gasteiger partial charge in [-0.25, -0.2) is 12.7 Å². The van der Waals surface area contributed by atoms with Crippen LogP contribution in [0.1, 0.15) is 12.7 Å². The van der Waals surface area contributed by atoms with Crippen LogP contribution in [0.15, 0.2) is 21.6 Å². The first kappa shape index (κ1) is 16.2. The topological polar surface area (TPSA) is 65.8 Å². The minimum atomic E-state index is -3.48. The van der Waals surface area contributed by atoms with Gasteiger partial charge in [0.1, 0.15) is 5.76 Å². The van der Waals surface area contributed by atoms with Gasteiger partial charge in [-0.3, -0.25) is 0 Å². The van der Waals surface area contributed by atoms with Crippen molar-refractivity contribution in [1.82, 2.24) is 14.5 Å². The summed E-state index contributed by atoms with van der Waals surface area (Å²) in [4.78, 5) is 2.11. The Morgan fingerprint density at radius 1 is 1.26 bits per heavy atom. The molecule has 7 heteroatoms. The maximum atomic E-state index is 11.8. The highest BCUT2D eigenvalue weighted by atomic mass is 32.2. The van der Waals surface area contributed by atoms with E-state index in [2.05, 4.69) is 17.1 Å². The quantitative estimate of drug-likeness (QED) is 0.795. The van der Waals surface area contributed by atoms with Crippen molar-refractivity contribution in [3.63, 3.8) is 0 Å². The van der Waals surface area contributed by atoms with Gasteiger partial charge in [0, 0.05) is 26.7 Å². The van der Waals surface area contributed by atoms with E-state index >= 15 is 0 Å². The Labute approximate surface area is 115 Å². The molecule has 1 unspecified atom stereocenters. The van der Waals surface area contributed by atoms with Gasteiger partial charge >= 0.3 is 0 Å². The van der Waals surface area contributed by atoms with Crippen LogP contribution in [0.5, 0.6) is 0 Å². The molecule has 1 rings (SSSR count). The molecule has 1 heterocycles. The van der Waals surface area contributed by atoms with Gasteiger partial charge in [-0.2, -0.15) is 0 Å². The fourth-order valence-electron chi connectivity index (χ4n) is 1.36. The number of furan rings is 1. The van der Waals surface area contributed by atoms with Crippen molar-refractivity contribution in [2.24, 2.45) is 0 Å². The Bertz CT molecular complexity index is 494. The molecule has 0 aliphatic rings. The predicted octanol–water partition coefficient (Wildman–Crippen LogP) is 0.570. The van der Waals surface area contributed by atoms with Gasteiger partial charge in [0.05, 0.1) is 6.54 Å². The summed E-state index contributed by atoms with van der Waals surface area (Å²) in [6, 6.07) is 3.57. The zero-order chi connectivity index (χ0) is 14.6. The summed E-state index contributed by atoms with van der Waals surface area (Å²) in [5, 5.41) is 3.21. The molecule has 1 atom stereocenters. The molecular formula is C12H23N3O3S. The summed E-state index contributed by atoms with van der Waals surface area (Å²) in [5.41, 5.74) is 0. The summed E-state index contributed by atoms with van der Waals surface area (Å²) in [7, 11) is 3.51. The Balaban J connectivity index is 2.57. The molecule has 1 N–H and O–H groups in total. The summed E-state index contributed by atoms with van der Waals surface area (Å²) in [6.45, 7) is 3.43. The van der Waals surface area contributed by atoms with Crippen LogP contribution in [0.2, 0.25) is 0 Å². The van der Waals surface area contributed by atoms with Crippen molar-refractivity contribution >= 4 is 10.0 Å². The molecule has 0 aliphatic heterocycles. The van der Waals surface area contributed by atoms with Gasteiger partial charge in [-0.1, -0.05) is 0 Å². The molecule has 1 aromatic rings. The molecule has 0 fully saturated rings.